The number of benzene rings is 1. The average Bonchev–Trinajstić information content (AvgIpc) is 2.93. The molecule has 0 radical (unpaired) electrons. The van der Waals surface area contributed by atoms with Gasteiger partial charge in [-0.3, -0.25) is 4.79 Å². The number of nitrogens with zero attached hydrogens (tertiary/aromatic N) is 1. The molecule has 2 aromatic rings. The summed E-state index contributed by atoms with van der Waals surface area (Å²) < 4.78 is 28.4. The Balaban J connectivity index is 1.87. The second kappa shape index (κ2) is 4.44. The predicted molar refractivity (Wildman–Crippen MR) is 69.6 cm³/mol. The molecule has 19 heavy (non-hydrogen) atoms. The third-order valence-electron chi connectivity index (χ3n) is 3.89. The highest BCUT2D eigenvalue weighted by molar-refractivity contribution is 5.87. The van der Waals surface area contributed by atoms with Crippen molar-refractivity contribution in [1.29, 1.82) is 0 Å². The van der Waals surface area contributed by atoms with Gasteiger partial charge in [-0.2, -0.15) is 0 Å². The molecule has 0 amide bonds. The first-order valence-electron chi connectivity index (χ1n) is 6.49. The van der Waals surface area contributed by atoms with Crippen molar-refractivity contribution in [3.05, 3.63) is 36.0 Å². The van der Waals surface area contributed by atoms with Gasteiger partial charge in [0, 0.05) is 36.7 Å². The van der Waals surface area contributed by atoms with Crippen molar-refractivity contribution in [1.82, 2.24) is 4.57 Å². The highest BCUT2D eigenvalue weighted by Crippen LogP contribution is 2.39. The average molecular weight is 263 g/mol. The lowest BCUT2D eigenvalue weighted by atomic mass is 10.1. The first kappa shape index (κ1) is 12.3. The van der Waals surface area contributed by atoms with Crippen LogP contribution in [0.4, 0.5) is 8.78 Å². The molecule has 1 aromatic carbocycles. The minimum absolute atomic E-state index is 0.00352. The van der Waals surface area contributed by atoms with Crippen LogP contribution in [0.2, 0.25) is 0 Å². The van der Waals surface area contributed by atoms with Crippen LogP contribution in [-0.2, 0) is 6.54 Å². The van der Waals surface area contributed by atoms with Crippen LogP contribution in [-0.4, -0.2) is 16.8 Å². The van der Waals surface area contributed by atoms with Crippen LogP contribution >= 0.6 is 0 Å². The van der Waals surface area contributed by atoms with E-state index in [4.69, 9.17) is 0 Å². The molecule has 1 saturated carbocycles. The number of carbonyl (C=O) groups is 1. The standard InChI is InChI=1S/C15H15F2NO/c16-15(17)5-3-12(8-15)9-18-6-4-13-2-1-11(10-19)7-14(13)18/h1-2,4,6-7,10,12H,3,5,8-9H2. The van der Waals surface area contributed by atoms with Gasteiger partial charge in [0.1, 0.15) is 6.29 Å². The molecule has 0 bridgehead atoms. The number of rotatable bonds is 3. The van der Waals surface area contributed by atoms with E-state index in [-0.39, 0.29) is 18.8 Å². The Bertz CT molecular complexity index is 618. The minimum Gasteiger partial charge on any atom is -0.347 e. The van der Waals surface area contributed by atoms with E-state index in [0.717, 1.165) is 17.2 Å². The van der Waals surface area contributed by atoms with Crippen molar-refractivity contribution in [2.45, 2.75) is 31.7 Å². The van der Waals surface area contributed by atoms with Crippen LogP contribution in [0.15, 0.2) is 30.5 Å². The van der Waals surface area contributed by atoms with Crippen LogP contribution in [0.25, 0.3) is 10.9 Å². The van der Waals surface area contributed by atoms with Crippen LogP contribution in [0, 0.1) is 5.92 Å². The highest BCUT2D eigenvalue weighted by Gasteiger charge is 2.39. The van der Waals surface area contributed by atoms with Gasteiger partial charge < -0.3 is 4.57 Å². The number of fused-ring (bicyclic) bond motifs is 1. The molecule has 100 valence electrons. The van der Waals surface area contributed by atoms with Crippen LogP contribution in [0.3, 0.4) is 0 Å². The largest absolute Gasteiger partial charge is 0.347 e. The number of carbonyl (C=O) groups excluding carboxylic acids is 1. The molecule has 1 aliphatic carbocycles. The number of hydrogen-bond donors (Lipinski definition) is 0. The highest BCUT2D eigenvalue weighted by atomic mass is 19.3. The fourth-order valence-corrected chi connectivity index (χ4v) is 2.91. The van der Waals surface area contributed by atoms with Crippen LogP contribution in [0.1, 0.15) is 29.6 Å². The lowest BCUT2D eigenvalue weighted by Crippen LogP contribution is -2.12. The summed E-state index contributed by atoms with van der Waals surface area (Å²) in [7, 11) is 0. The van der Waals surface area contributed by atoms with Crippen molar-refractivity contribution >= 4 is 17.2 Å². The van der Waals surface area contributed by atoms with E-state index in [0.29, 0.717) is 18.5 Å². The van der Waals surface area contributed by atoms with Gasteiger partial charge in [-0.15, -0.1) is 0 Å². The second-order valence-corrected chi connectivity index (χ2v) is 5.37. The maximum absolute atomic E-state index is 13.2. The summed E-state index contributed by atoms with van der Waals surface area (Å²) in [6.45, 7) is 0.599. The first-order valence-corrected chi connectivity index (χ1v) is 6.49. The molecule has 4 heteroatoms. The lowest BCUT2D eigenvalue weighted by Gasteiger charge is -2.13. The number of hydrogen-bond acceptors (Lipinski definition) is 1. The topological polar surface area (TPSA) is 22.0 Å². The Hall–Kier alpha value is -1.71. The molecule has 2 nitrogen and oxygen atoms in total. The Morgan fingerprint density at radius 3 is 2.89 bits per heavy atom. The van der Waals surface area contributed by atoms with Gasteiger partial charge in [0.05, 0.1) is 0 Å². The normalized spacial score (nSPS) is 21.9. The van der Waals surface area contributed by atoms with Gasteiger partial charge in [0.25, 0.3) is 0 Å². The van der Waals surface area contributed by atoms with Crippen molar-refractivity contribution in [2.24, 2.45) is 5.92 Å². The third-order valence-corrected chi connectivity index (χ3v) is 3.89. The Labute approximate surface area is 110 Å². The summed E-state index contributed by atoms with van der Waals surface area (Å²) in [5.74, 6) is -2.48. The van der Waals surface area contributed by atoms with Gasteiger partial charge in [-0.05, 0) is 29.9 Å². The summed E-state index contributed by atoms with van der Waals surface area (Å²) >= 11 is 0. The Morgan fingerprint density at radius 2 is 2.21 bits per heavy atom. The lowest BCUT2D eigenvalue weighted by molar-refractivity contribution is 0.00440. The molecule has 1 unspecified atom stereocenters. The fraction of sp³-hybridized carbons (Fsp3) is 0.400. The minimum atomic E-state index is -2.50. The number of aromatic nitrogens is 1. The molecule has 1 atom stereocenters. The molecular weight excluding hydrogens is 248 g/mol. The molecule has 0 aliphatic heterocycles. The third kappa shape index (κ3) is 2.39. The van der Waals surface area contributed by atoms with Crippen molar-refractivity contribution in [3.8, 4) is 0 Å². The number of halogens is 2. The maximum Gasteiger partial charge on any atom is 0.248 e. The van der Waals surface area contributed by atoms with E-state index in [1.807, 2.05) is 29.0 Å². The Morgan fingerprint density at radius 1 is 1.37 bits per heavy atom. The Kier molecular flexibility index (Phi) is 2.88. The van der Waals surface area contributed by atoms with Gasteiger partial charge >= 0.3 is 0 Å². The molecule has 1 fully saturated rings. The molecule has 1 aromatic heterocycles. The quantitative estimate of drug-likeness (QED) is 0.770. The van der Waals surface area contributed by atoms with E-state index in [1.54, 1.807) is 6.07 Å². The number of alkyl halides is 2. The number of aldehydes is 1. The van der Waals surface area contributed by atoms with Gasteiger partial charge in [0.2, 0.25) is 5.92 Å². The first-order chi connectivity index (χ1) is 9.07. The molecule has 0 N–H and O–H groups in total. The summed E-state index contributed by atoms with van der Waals surface area (Å²) in [4.78, 5) is 10.8. The zero-order valence-electron chi connectivity index (χ0n) is 10.5. The van der Waals surface area contributed by atoms with Crippen molar-refractivity contribution in [2.75, 3.05) is 0 Å². The predicted octanol–water partition coefficient (Wildman–Crippen LogP) is 3.89. The van der Waals surface area contributed by atoms with Crippen LogP contribution in [0.5, 0.6) is 0 Å². The van der Waals surface area contributed by atoms with Gasteiger partial charge in [-0.1, -0.05) is 12.1 Å². The monoisotopic (exact) mass is 263 g/mol. The van der Waals surface area contributed by atoms with E-state index in [2.05, 4.69) is 0 Å². The summed E-state index contributed by atoms with van der Waals surface area (Å²) in [5, 5.41) is 1.04. The summed E-state index contributed by atoms with van der Waals surface area (Å²) in [5.41, 5.74) is 1.56. The summed E-state index contributed by atoms with van der Waals surface area (Å²) in [6, 6.07) is 7.43. The summed E-state index contributed by atoms with van der Waals surface area (Å²) in [6.07, 6.45) is 3.26. The molecular formula is C15H15F2NO. The SMILES string of the molecule is O=Cc1ccc2ccn(CC3CCC(F)(F)C3)c2c1. The van der Waals surface area contributed by atoms with Gasteiger partial charge in [0.15, 0.2) is 0 Å². The van der Waals surface area contributed by atoms with Crippen molar-refractivity contribution in [3.63, 3.8) is 0 Å². The zero-order valence-corrected chi connectivity index (χ0v) is 10.5. The molecule has 0 saturated heterocycles. The van der Waals surface area contributed by atoms with E-state index >= 15 is 0 Å². The second-order valence-electron chi connectivity index (χ2n) is 5.37. The van der Waals surface area contributed by atoms with E-state index < -0.39 is 5.92 Å². The van der Waals surface area contributed by atoms with E-state index in [9.17, 15) is 13.6 Å². The fourth-order valence-electron chi connectivity index (χ4n) is 2.91. The molecule has 1 aliphatic rings. The van der Waals surface area contributed by atoms with Crippen LogP contribution < -0.4 is 0 Å². The zero-order chi connectivity index (χ0) is 13.5. The maximum atomic E-state index is 13.2. The van der Waals surface area contributed by atoms with E-state index in [1.165, 1.54) is 0 Å². The molecule has 1 heterocycles. The smallest absolute Gasteiger partial charge is 0.248 e. The molecule has 0 spiro atoms. The van der Waals surface area contributed by atoms with Crippen molar-refractivity contribution < 1.29 is 13.6 Å². The molecule has 3 rings (SSSR count). The van der Waals surface area contributed by atoms with Gasteiger partial charge in [-0.25, -0.2) is 8.78 Å².